The summed E-state index contributed by atoms with van der Waals surface area (Å²) in [5, 5.41) is 6.03. The van der Waals surface area contributed by atoms with Crippen molar-refractivity contribution in [2.24, 2.45) is 0 Å². The molecule has 0 aliphatic heterocycles. The standard InChI is InChI=1S/C23H21F2N3O4S/c1-31-16-9-8-14(11-17(16)32-23(24)25)27-21(30)19-15-6-2-3-7-18(15)33-22(19)28-20(29)13-5-4-10-26-12-13/h4-5,8-12,23H,2-3,6-7H2,1H3,(H,27,30)(H,28,29). The molecule has 0 saturated heterocycles. The first-order chi connectivity index (χ1) is 16.0. The van der Waals surface area contributed by atoms with Gasteiger partial charge in [0.05, 0.1) is 18.2 Å². The molecule has 4 rings (SSSR count). The highest BCUT2D eigenvalue weighted by Gasteiger charge is 2.27. The van der Waals surface area contributed by atoms with E-state index in [1.165, 1.54) is 42.8 Å². The molecule has 10 heteroatoms. The maximum absolute atomic E-state index is 13.3. The van der Waals surface area contributed by atoms with E-state index in [9.17, 15) is 18.4 Å². The zero-order valence-corrected chi connectivity index (χ0v) is 18.5. The van der Waals surface area contributed by atoms with Crippen molar-refractivity contribution in [2.45, 2.75) is 32.3 Å². The third kappa shape index (κ3) is 5.11. The molecule has 2 N–H and O–H groups in total. The molecule has 0 unspecified atom stereocenters. The Morgan fingerprint density at radius 2 is 1.91 bits per heavy atom. The van der Waals surface area contributed by atoms with Crippen LogP contribution in [0, 0.1) is 0 Å². The number of fused-ring (bicyclic) bond motifs is 1. The minimum Gasteiger partial charge on any atom is -0.493 e. The molecule has 33 heavy (non-hydrogen) atoms. The second-order valence-electron chi connectivity index (χ2n) is 7.31. The number of hydrogen-bond donors (Lipinski definition) is 2. The summed E-state index contributed by atoms with van der Waals surface area (Å²) in [6, 6.07) is 7.53. The first kappa shape index (κ1) is 22.7. The van der Waals surface area contributed by atoms with Gasteiger partial charge in [0.2, 0.25) is 0 Å². The average molecular weight is 474 g/mol. The van der Waals surface area contributed by atoms with Crippen molar-refractivity contribution >= 4 is 33.8 Å². The number of benzene rings is 1. The summed E-state index contributed by atoms with van der Waals surface area (Å²) in [7, 11) is 1.33. The van der Waals surface area contributed by atoms with E-state index in [2.05, 4.69) is 20.4 Å². The number of halogens is 2. The first-order valence-corrected chi connectivity index (χ1v) is 11.1. The molecule has 0 fully saturated rings. The van der Waals surface area contributed by atoms with Crippen LogP contribution < -0.4 is 20.1 Å². The number of pyridine rings is 1. The zero-order chi connectivity index (χ0) is 23.4. The summed E-state index contributed by atoms with van der Waals surface area (Å²) in [5.41, 5.74) is 1.93. The molecule has 1 aliphatic carbocycles. The molecular weight excluding hydrogens is 452 g/mol. The van der Waals surface area contributed by atoms with Gasteiger partial charge in [0.15, 0.2) is 11.5 Å². The number of nitrogens with one attached hydrogen (secondary N) is 2. The quantitative estimate of drug-likeness (QED) is 0.496. The van der Waals surface area contributed by atoms with Crippen molar-refractivity contribution in [1.82, 2.24) is 4.98 Å². The highest BCUT2D eigenvalue weighted by Crippen LogP contribution is 2.39. The Labute approximate surface area is 192 Å². The van der Waals surface area contributed by atoms with Gasteiger partial charge < -0.3 is 20.1 Å². The van der Waals surface area contributed by atoms with Gasteiger partial charge in [0, 0.05) is 29.0 Å². The summed E-state index contributed by atoms with van der Waals surface area (Å²) in [6.07, 6.45) is 6.52. The lowest BCUT2D eigenvalue weighted by Gasteiger charge is -2.15. The van der Waals surface area contributed by atoms with Crippen LogP contribution in [-0.4, -0.2) is 30.5 Å². The Morgan fingerprint density at radius 3 is 2.64 bits per heavy atom. The molecule has 3 aromatic rings. The minimum atomic E-state index is -3.04. The summed E-state index contributed by atoms with van der Waals surface area (Å²) < 4.78 is 35.0. The van der Waals surface area contributed by atoms with Gasteiger partial charge in [-0.2, -0.15) is 8.78 Å². The van der Waals surface area contributed by atoms with Gasteiger partial charge in [-0.25, -0.2) is 0 Å². The second kappa shape index (κ2) is 9.95. The smallest absolute Gasteiger partial charge is 0.387 e. The SMILES string of the molecule is COc1ccc(NC(=O)c2c(NC(=O)c3cccnc3)sc3c2CCCC3)cc1OC(F)F. The number of amides is 2. The van der Waals surface area contributed by atoms with E-state index in [0.717, 1.165) is 36.1 Å². The van der Waals surface area contributed by atoms with Crippen LogP contribution in [0.5, 0.6) is 11.5 Å². The second-order valence-corrected chi connectivity index (χ2v) is 8.41. The number of ether oxygens (including phenoxy) is 2. The molecule has 0 atom stereocenters. The maximum Gasteiger partial charge on any atom is 0.387 e. The Bertz CT molecular complexity index is 1170. The van der Waals surface area contributed by atoms with Crippen molar-refractivity contribution in [3.05, 3.63) is 64.3 Å². The largest absolute Gasteiger partial charge is 0.493 e. The molecule has 2 heterocycles. The van der Waals surface area contributed by atoms with Gasteiger partial charge in [-0.15, -0.1) is 11.3 Å². The summed E-state index contributed by atoms with van der Waals surface area (Å²) in [5.74, 6) is -0.884. The van der Waals surface area contributed by atoms with Gasteiger partial charge in [-0.3, -0.25) is 14.6 Å². The van der Waals surface area contributed by atoms with Gasteiger partial charge in [-0.05, 0) is 55.5 Å². The first-order valence-electron chi connectivity index (χ1n) is 10.3. The van der Waals surface area contributed by atoms with Crippen LogP contribution in [0.25, 0.3) is 0 Å². The van der Waals surface area contributed by atoms with Crippen LogP contribution in [0.1, 0.15) is 44.0 Å². The maximum atomic E-state index is 13.3. The van der Waals surface area contributed by atoms with Crippen molar-refractivity contribution in [2.75, 3.05) is 17.7 Å². The molecule has 2 aromatic heterocycles. The normalized spacial score (nSPS) is 12.7. The predicted octanol–water partition coefficient (Wildman–Crippen LogP) is 5.14. The van der Waals surface area contributed by atoms with E-state index < -0.39 is 12.5 Å². The van der Waals surface area contributed by atoms with E-state index >= 15 is 0 Å². The molecule has 0 bridgehead atoms. The van der Waals surface area contributed by atoms with Crippen LogP contribution in [0.15, 0.2) is 42.7 Å². The van der Waals surface area contributed by atoms with Gasteiger partial charge in [0.25, 0.3) is 11.8 Å². The summed E-state index contributed by atoms with van der Waals surface area (Å²) in [4.78, 5) is 31.0. The Kier molecular flexibility index (Phi) is 6.83. The van der Waals surface area contributed by atoms with Crippen molar-refractivity contribution in [3.63, 3.8) is 0 Å². The van der Waals surface area contributed by atoms with E-state index in [0.29, 0.717) is 16.1 Å². The van der Waals surface area contributed by atoms with E-state index in [1.54, 1.807) is 18.3 Å². The minimum absolute atomic E-state index is 0.116. The number of rotatable bonds is 7. The Hall–Kier alpha value is -3.53. The number of nitrogens with zero attached hydrogens (tertiary/aromatic N) is 1. The monoisotopic (exact) mass is 473 g/mol. The third-order valence-electron chi connectivity index (χ3n) is 5.19. The van der Waals surface area contributed by atoms with Crippen molar-refractivity contribution in [3.8, 4) is 11.5 Å². The molecular formula is C23H21F2N3O4S. The van der Waals surface area contributed by atoms with E-state index in [4.69, 9.17) is 4.74 Å². The van der Waals surface area contributed by atoms with Crippen LogP contribution in [-0.2, 0) is 12.8 Å². The van der Waals surface area contributed by atoms with Crippen molar-refractivity contribution < 1.29 is 27.8 Å². The lowest BCUT2D eigenvalue weighted by atomic mass is 9.95. The van der Waals surface area contributed by atoms with E-state index in [1.807, 2.05) is 0 Å². The van der Waals surface area contributed by atoms with Crippen LogP contribution >= 0.6 is 11.3 Å². The van der Waals surface area contributed by atoms with Crippen molar-refractivity contribution in [1.29, 1.82) is 0 Å². The Balaban J connectivity index is 1.63. The van der Waals surface area contributed by atoms with Crippen LogP contribution in [0.3, 0.4) is 0 Å². The number of carbonyl (C=O) groups excluding carboxylic acids is 2. The fraction of sp³-hybridized carbons (Fsp3) is 0.261. The molecule has 172 valence electrons. The average Bonchev–Trinajstić information content (AvgIpc) is 3.17. The molecule has 0 saturated carbocycles. The predicted molar refractivity (Wildman–Crippen MR) is 121 cm³/mol. The number of thiophene rings is 1. The zero-order valence-electron chi connectivity index (χ0n) is 17.7. The topological polar surface area (TPSA) is 89.6 Å². The fourth-order valence-corrected chi connectivity index (χ4v) is 4.98. The highest BCUT2D eigenvalue weighted by molar-refractivity contribution is 7.17. The number of aromatic nitrogens is 1. The highest BCUT2D eigenvalue weighted by atomic mass is 32.1. The van der Waals surface area contributed by atoms with Gasteiger partial charge in [0.1, 0.15) is 5.00 Å². The number of hydrogen-bond acceptors (Lipinski definition) is 6. The number of carbonyl (C=O) groups is 2. The fourth-order valence-electron chi connectivity index (χ4n) is 3.70. The lowest BCUT2D eigenvalue weighted by molar-refractivity contribution is -0.0511. The lowest BCUT2D eigenvalue weighted by Crippen LogP contribution is -2.19. The summed E-state index contributed by atoms with van der Waals surface area (Å²) >= 11 is 1.38. The third-order valence-corrected chi connectivity index (χ3v) is 6.39. The molecule has 1 aliphatic rings. The van der Waals surface area contributed by atoms with E-state index in [-0.39, 0.29) is 23.1 Å². The number of aryl methyl sites for hydroxylation is 1. The number of alkyl halides is 2. The summed E-state index contributed by atoms with van der Waals surface area (Å²) in [6.45, 7) is -3.04. The molecule has 1 aromatic carbocycles. The van der Waals surface area contributed by atoms with Crippen LogP contribution in [0.4, 0.5) is 19.5 Å². The molecule has 7 nitrogen and oxygen atoms in total. The Morgan fingerprint density at radius 1 is 1.09 bits per heavy atom. The molecule has 0 radical (unpaired) electrons. The number of methoxy groups -OCH3 is 1. The van der Waals surface area contributed by atoms with Crippen LogP contribution in [0.2, 0.25) is 0 Å². The van der Waals surface area contributed by atoms with Gasteiger partial charge in [-0.1, -0.05) is 0 Å². The molecule has 0 spiro atoms. The number of anilines is 2. The molecule has 2 amide bonds. The van der Waals surface area contributed by atoms with Gasteiger partial charge >= 0.3 is 6.61 Å².